The summed E-state index contributed by atoms with van der Waals surface area (Å²) in [6, 6.07) is 0. The van der Waals surface area contributed by atoms with E-state index in [1.54, 1.807) is 0 Å². The van der Waals surface area contributed by atoms with Crippen LogP contribution in [-0.2, 0) is 4.79 Å². The van der Waals surface area contributed by atoms with Crippen LogP contribution in [0.15, 0.2) is 11.1 Å². The van der Waals surface area contributed by atoms with E-state index in [4.69, 9.17) is 0 Å². The molecule has 0 spiro atoms. The number of carbonyl (C=O) groups excluding carboxylic acids is 1. The monoisotopic (exact) mass is 265 g/mol. The highest BCUT2D eigenvalue weighted by atomic mass is 16.2. The van der Waals surface area contributed by atoms with E-state index in [9.17, 15) is 4.79 Å². The number of nitrogens with zero attached hydrogens (tertiary/aromatic N) is 1. The molecule has 0 atom stereocenters. The average molecular weight is 265 g/mol. The molecule has 0 N–H and O–H groups in total. The van der Waals surface area contributed by atoms with Gasteiger partial charge in [0.25, 0.3) is 0 Å². The second-order valence-corrected chi connectivity index (χ2v) is 7.77. The van der Waals surface area contributed by atoms with Crippen LogP contribution in [0.2, 0.25) is 0 Å². The van der Waals surface area contributed by atoms with Gasteiger partial charge in [0.1, 0.15) is 0 Å². The molecule has 110 valence electrons. The molecular weight excluding hydrogens is 234 g/mol. The van der Waals surface area contributed by atoms with E-state index in [0.29, 0.717) is 12.3 Å². The molecule has 2 nitrogen and oxygen atoms in total. The van der Waals surface area contributed by atoms with Crippen molar-refractivity contribution in [3.05, 3.63) is 11.1 Å². The van der Waals surface area contributed by atoms with Crippen LogP contribution in [0.1, 0.15) is 67.7 Å². The van der Waals surface area contributed by atoms with Crippen LogP contribution < -0.4 is 0 Å². The predicted octanol–water partition coefficient (Wildman–Crippen LogP) is 4.41. The zero-order chi connectivity index (χ0) is 14.8. The van der Waals surface area contributed by atoms with Crippen molar-refractivity contribution < 1.29 is 4.79 Å². The maximum Gasteiger partial charge on any atom is 0.223 e. The van der Waals surface area contributed by atoms with Crippen LogP contribution >= 0.6 is 0 Å². The van der Waals surface area contributed by atoms with E-state index in [-0.39, 0.29) is 10.8 Å². The van der Waals surface area contributed by atoms with E-state index in [1.807, 2.05) is 0 Å². The Balaban J connectivity index is 3.22. The first-order valence-electron chi connectivity index (χ1n) is 7.58. The van der Waals surface area contributed by atoms with Gasteiger partial charge in [-0.3, -0.25) is 4.79 Å². The highest BCUT2D eigenvalue weighted by molar-refractivity contribution is 5.77. The molecule has 1 heterocycles. The van der Waals surface area contributed by atoms with Crippen molar-refractivity contribution in [2.45, 2.75) is 67.7 Å². The second kappa shape index (κ2) is 5.68. The Morgan fingerprint density at radius 2 is 1.47 bits per heavy atom. The van der Waals surface area contributed by atoms with Crippen LogP contribution in [0.25, 0.3) is 0 Å². The van der Waals surface area contributed by atoms with E-state index in [2.05, 4.69) is 53.4 Å². The number of allylic oxidation sites excluding steroid dienone is 1. The van der Waals surface area contributed by atoms with Crippen molar-refractivity contribution in [3.8, 4) is 0 Å². The topological polar surface area (TPSA) is 20.3 Å². The Bertz CT molecular complexity index is 366. The summed E-state index contributed by atoms with van der Waals surface area (Å²) in [7, 11) is 0. The molecule has 0 aliphatic carbocycles. The van der Waals surface area contributed by atoms with E-state index < -0.39 is 0 Å². The molecule has 1 rings (SSSR count). The summed E-state index contributed by atoms with van der Waals surface area (Å²) in [5, 5.41) is 0. The van der Waals surface area contributed by atoms with Crippen LogP contribution in [0.4, 0.5) is 0 Å². The normalized spacial score (nSPS) is 18.9. The molecular formula is C17H31NO. The van der Waals surface area contributed by atoms with Crippen molar-refractivity contribution in [3.63, 3.8) is 0 Å². The van der Waals surface area contributed by atoms with E-state index >= 15 is 0 Å². The number of hydrogen-bond donors (Lipinski definition) is 0. The first-order chi connectivity index (χ1) is 8.57. The number of hydrogen-bond acceptors (Lipinski definition) is 1. The van der Waals surface area contributed by atoms with Gasteiger partial charge in [-0.15, -0.1) is 0 Å². The van der Waals surface area contributed by atoms with Crippen molar-refractivity contribution in [1.82, 2.24) is 4.90 Å². The minimum Gasteiger partial charge on any atom is -0.339 e. The zero-order valence-corrected chi connectivity index (χ0v) is 13.9. The van der Waals surface area contributed by atoms with Gasteiger partial charge in [-0.1, -0.05) is 54.0 Å². The molecule has 0 fully saturated rings. The molecule has 0 aromatic rings. The number of amides is 1. The van der Waals surface area contributed by atoms with Gasteiger partial charge in [0, 0.05) is 19.5 Å². The van der Waals surface area contributed by atoms with Gasteiger partial charge < -0.3 is 4.90 Å². The quantitative estimate of drug-likeness (QED) is 0.677. The number of rotatable bonds is 2. The molecule has 0 saturated heterocycles. The summed E-state index contributed by atoms with van der Waals surface area (Å²) in [4.78, 5) is 14.3. The molecule has 1 aliphatic heterocycles. The van der Waals surface area contributed by atoms with Gasteiger partial charge in [-0.2, -0.15) is 0 Å². The van der Waals surface area contributed by atoms with E-state index in [1.165, 1.54) is 11.1 Å². The lowest BCUT2D eigenvalue weighted by molar-refractivity contribution is -0.130. The first-order valence-corrected chi connectivity index (χ1v) is 7.58. The Hall–Kier alpha value is -0.790. The first kappa shape index (κ1) is 16.3. The fraction of sp³-hybridized carbons (Fsp3) is 0.824. The molecule has 0 radical (unpaired) electrons. The second-order valence-electron chi connectivity index (χ2n) is 7.77. The van der Waals surface area contributed by atoms with Gasteiger partial charge in [0.05, 0.1) is 0 Å². The summed E-state index contributed by atoms with van der Waals surface area (Å²) in [6.07, 6.45) is 2.63. The van der Waals surface area contributed by atoms with Crippen LogP contribution in [0, 0.1) is 10.8 Å². The zero-order valence-electron chi connectivity index (χ0n) is 13.9. The minimum atomic E-state index is 0.138. The molecule has 0 bridgehead atoms. The lowest BCUT2D eigenvalue weighted by Gasteiger charge is -2.34. The highest BCUT2D eigenvalue weighted by Gasteiger charge is 2.32. The van der Waals surface area contributed by atoms with Crippen LogP contribution in [0.3, 0.4) is 0 Å². The molecule has 2 heteroatoms. The SMILES string of the molecule is CCCN1CC(C(C)(C)C)=C(C(C)(C)C)CCC1=O. The van der Waals surface area contributed by atoms with Gasteiger partial charge >= 0.3 is 0 Å². The Kier molecular flexibility index (Phi) is 4.86. The Labute approximate surface area is 119 Å². The fourth-order valence-electron chi connectivity index (χ4n) is 2.91. The molecule has 0 unspecified atom stereocenters. The van der Waals surface area contributed by atoms with Gasteiger partial charge in [0.2, 0.25) is 5.91 Å². The molecule has 0 aromatic carbocycles. The molecule has 0 saturated carbocycles. The third-order valence-electron chi connectivity index (χ3n) is 3.96. The molecule has 0 aromatic heterocycles. The number of carbonyl (C=O) groups is 1. The summed E-state index contributed by atoms with van der Waals surface area (Å²) in [5.74, 6) is 0.322. The summed E-state index contributed by atoms with van der Waals surface area (Å²) < 4.78 is 0. The van der Waals surface area contributed by atoms with Gasteiger partial charge in [-0.05, 0) is 29.2 Å². The fourth-order valence-corrected chi connectivity index (χ4v) is 2.91. The average Bonchev–Trinajstić information content (AvgIpc) is 2.38. The summed E-state index contributed by atoms with van der Waals surface area (Å²) in [5.41, 5.74) is 3.26. The lowest BCUT2D eigenvalue weighted by atomic mass is 9.74. The molecule has 19 heavy (non-hydrogen) atoms. The standard InChI is InChI=1S/C17H31NO/c1-8-11-18-12-14(17(5,6)7)13(16(2,3)4)9-10-15(18)19/h8-12H2,1-7H3. The van der Waals surface area contributed by atoms with Crippen molar-refractivity contribution in [1.29, 1.82) is 0 Å². The summed E-state index contributed by atoms with van der Waals surface area (Å²) in [6.45, 7) is 17.5. The van der Waals surface area contributed by atoms with Crippen molar-refractivity contribution in [2.24, 2.45) is 10.8 Å². The maximum absolute atomic E-state index is 12.2. The predicted molar refractivity (Wildman–Crippen MR) is 82.0 cm³/mol. The van der Waals surface area contributed by atoms with Crippen LogP contribution in [-0.4, -0.2) is 23.9 Å². The Morgan fingerprint density at radius 1 is 0.947 bits per heavy atom. The van der Waals surface area contributed by atoms with Gasteiger partial charge in [-0.25, -0.2) is 0 Å². The highest BCUT2D eigenvalue weighted by Crippen LogP contribution is 2.40. The van der Waals surface area contributed by atoms with Gasteiger partial charge in [0.15, 0.2) is 0 Å². The minimum absolute atomic E-state index is 0.138. The Morgan fingerprint density at radius 3 is 1.89 bits per heavy atom. The molecule has 1 amide bonds. The maximum atomic E-state index is 12.2. The largest absolute Gasteiger partial charge is 0.339 e. The lowest BCUT2D eigenvalue weighted by Crippen LogP contribution is -2.34. The molecule has 1 aliphatic rings. The smallest absolute Gasteiger partial charge is 0.223 e. The third-order valence-corrected chi connectivity index (χ3v) is 3.96. The van der Waals surface area contributed by atoms with Crippen molar-refractivity contribution >= 4 is 5.91 Å². The van der Waals surface area contributed by atoms with E-state index in [0.717, 1.165) is 25.9 Å². The van der Waals surface area contributed by atoms with Crippen LogP contribution in [0.5, 0.6) is 0 Å². The van der Waals surface area contributed by atoms with Crippen molar-refractivity contribution in [2.75, 3.05) is 13.1 Å². The third kappa shape index (κ3) is 4.09. The summed E-state index contributed by atoms with van der Waals surface area (Å²) >= 11 is 0.